The summed E-state index contributed by atoms with van der Waals surface area (Å²) in [6.07, 6.45) is 0. The monoisotopic (exact) mass is 235 g/mol. The third-order valence-electron chi connectivity index (χ3n) is 2.47. The average molecular weight is 235 g/mol. The van der Waals surface area contributed by atoms with Crippen LogP contribution < -0.4 is 5.63 Å². The Morgan fingerprint density at radius 2 is 2.00 bits per heavy atom. The highest BCUT2D eigenvalue weighted by Crippen LogP contribution is 2.33. The van der Waals surface area contributed by atoms with E-state index in [4.69, 9.17) is 4.42 Å². The van der Waals surface area contributed by atoms with E-state index < -0.39 is 22.0 Å². The van der Waals surface area contributed by atoms with E-state index in [1.807, 2.05) is 0 Å². The number of hydrogen-bond donors (Lipinski definition) is 1. The van der Waals surface area contributed by atoms with E-state index in [0.29, 0.717) is 5.56 Å². The highest BCUT2D eigenvalue weighted by Gasteiger charge is 2.24. The first kappa shape index (κ1) is 11.1. The molecule has 1 aromatic carbocycles. The maximum atomic E-state index is 11.4. The van der Waals surface area contributed by atoms with Crippen LogP contribution in [0.15, 0.2) is 21.3 Å². The minimum absolute atomic E-state index is 0.170. The molecule has 0 amide bonds. The minimum Gasteiger partial charge on any atom is -0.501 e. The molecule has 0 unspecified atom stereocenters. The molecule has 0 bridgehead atoms. The summed E-state index contributed by atoms with van der Waals surface area (Å²) in [5.74, 6) is -0.645. The summed E-state index contributed by atoms with van der Waals surface area (Å²) in [5, 5.41) is 20.6. The van der Waals surface area contributed by atoms with Gasteiger partial charge in [0.15, 0.2) is 0 Å². The van der Waals surface area contributed by atoms with Crippen molar-refractivity contribution in [3.63, 3.8) is 0 Å². The highest BCUT2D eigenvalue weighted by molar-refractivity contribution is 5.89. The van der Waals surface area contributed by atoms with Crippen LogP contribution in [0.25, 0.3) is 11.0 Å². The molecular weight excluding hydrogens is 226 g/mol. The lowest BCUT2D eigenvalue weighted by atomic mass is 10.1. The van der Waals surface area contributed by atoms with E-state index in [1.54, 1.807) is 19.9 Å². The molecule has 88 valence electrons. The van der Waals surface area contributed by atoms with Crippen molar-refractivity contribution in [2.24, 2.45) is 0 Å². The maximum absolute atomic E-state index is 11.4. The van der Waals surface area contributed by atoms with E-state index in [2.05, 4.69) is 0 Å². The number of benzene rings is 1. The van der Waals surface area contributed by atoms with Crippen LogP contribution in [0.3, 0.4) is 0 Å². The number of nitro groups is 1. The molecule has 1 N–H and O–H groups in total. The first-order valence-corrected chi connectivity index (χ1v) is 4.83. The summed E-state index contributed by atoms with van der Waals surface area (Å²) in [6.45, 7) is 3.48. The lowest BCUT2D eigenvalue weighted by Gasteiger charge is -2.04. The van der Waals surface area contributed by atoms with Crippen LogP contribution in [0, 0.1) is 24.0 Å². The summed E-state index contributed by atoms with van der Waals surface area (Å²) in [6, 6.07) is 3.30. The Kier molecular flexibility index (Phi) is 2.35. The van der Waals surface area contributed by atoms with Crippen LogP contribution in [0.4, 0.5) is 5.69 Å². The largest absolute Gasteiger partial charge is 0.501 e. The molecule has 17 heavy (non-hydrogen) atoms. The highest BCUT2D eigenvalue weighted by atomic mass is 16.6. The fourth-order valence-corrected chi connectivity index (χ4v) is 1.79. The van der Waals surface area contributed by atoms with Crippen molar-refractivity contribution >= 4 is 16.7 Å². The maximum Gasteiger partial charge on any atom is 0.419 e. The Labute approximate surface area is 95.3 Å². The van der Waals surface area contributed by atoms with Gasteiger partial charge in [-0.25, -0.2) is 4.79 Å². The zero-order valence-corrected chi connectivity index (χ0v) is 9.18. The summed E-state index contributed by atoms with van der Waals surface area (Å²) in [4.78, 5) is 21.1. The quantitative estimate of drug-likeness (QED) is 0.463. The first-order valence-electron chi connectivity index (χ1n) is 4.83. The van der Waals surface area contributed by atoms with Gasteiger partial charge in [-0.05, 0) is 31.0 Å². The molecule has 0 radical (unpaired) electrons. The van der Waals surface area contributed by atoms with Gasteiger partial charge in [0, 0.05) is 0 Å². The molecule has 0 spiro atoms. The lowest BCUT2D eigenvalue weighted by molar-refractivity contribution is -0.388. The van der Waals surface area contributed by atoms with Gasteiger partial charge in [-0.3, -0.25) is 10.1 Å². The fraction of sp³-hybridized carbons (Fsp3) is 0.182. The Morgan fingerprint density at radius 3 is 2.59 bits per heavy atom. The zero-order chi connectivity index (χ0) is 12.7. The van der Waals surface area contributed by atoms with Crippen molar-refractivity contribution in [2.75, 3.05) is 0 Å². The van der Waals surface area contributed by atoms with E-state index >= 15 is 0 Å². The van der Waals surface area contributed by atoms with E-state index in [0.717, 1.165) is 5.56 Å². The Morgan fingerprint density at radius 1 is 1.35 bits per heavy atom. The van der Waals surface area contributed by atoms with Gasteiger partial charge in [-0.1, -0.05) is 6.07 Å². The van der Waals surface area contributed by atoms with Crippen molar-refractivity contribution < 1.29 is 14.4 Å². The molecule has 6 heteroatoms. The number of aromatic hydroxyl groups is 1. The standard InChI is InChI=1S/C11H9NO5/c1-5-3-6(2)10-7(4-5)9(13)8(12(15)16)11(14)17-10/h3-4,13H,1-2H3. The van der Waals surface area contributed by atoms with E-state index in [9.17, 15) is 20.0 Å². The van der Waals surface area contributed by atoms with Gasteiger partial charge >= 0.3 is 11.3 Å². The van der Waals surface area contributed by atoms with Crippen molar-refractivity contribution in [1.82, 2.24) is 0 Å². The second-order valence-corrected chi connectivity index (χ2v) is 3.80. The van der Waals surface area contributed by atoms with Crippen LogP contribution in [-0.4, -0.2) is 10.0 Å². The molecular formula is C11H9NO5. The van der Waals surface area contributed by atoms with Crippen LogP contribution in [0.1, 0.15) is 11.1 Å². The van der Waals surface area contributed by atoms with E-state index in [1.165, 1.54) is 6.07 Å². The molecule has 0 saturated heterocycles. The molecule has 6 nitrogen and oxygen atoms in total. The normalized spacial score (nSPS) is 10.7. The SMILES string of the molecule is Cc1cc(C)c2oc(=O)c([N+](=O)[O-])c(O)c2c1. The van der Waals surface area contributed by atoms with E-state index in [-0.39, 0.29) is 11.0 Å². The molecule has 0 saturated carbocycles. The van der Waals surface area contributed by atoms with Gasteiger partial charge < -0.3 is 9.52 Å². The van der Waals surface area contributed by atoms with Gasteiger partial charge in [-0.15, -0.1) is 0 Å². The van der Waals surface area contributed by atoms with Gasteiger partial charge in [0.2, 0.25) is 5.75 Å². The molecule has 0 aliphatic heterocycles. The predicted octanol–water partition coefficient (Wildman–Crippen LogP) is 2.02. The number of nitrogens with zero attached hydrogens (tertiary/aromatic N) is 1. The molecule has 2 rings (SSSR count). The molecule has 1 heterocycles. The molecule has 0 fully saturated rings. The lowest BCUT2D eigenvalue weighted by Crippen LogP contribution is -2.07. The predicted molar refractivity (Wildman–Crippen MR) is 60.3 cm³/mol. The molecule has 0 aliphatic rings. The van der Waals surface area contributed by atoms with Gasteiger partial charge in [-0.2, -0.15) is 0 Å². The second-order valence-electron chi connectivity index (χ2n) is 3.80. The summed E-state index contributed by atoms with van der Waals surface area (Å²) < 4.78 is 4.86. The van der Waals surface area contributed by atoms with Crippen molar-refractivity contribution in [3.8, 4) is 5.75 Å². The van der Waals surface area contributed by atoms with Crippen molar-refractivity contribution in [1.29, 1.82) is 0 Å². The van der Waals surface area contributed by atoms with Gasteiger partial charge in [0.05, 0.1) is 10.3 Å². The third kappa shape index (κ3) is 1.63. The molecule has 0 atom stereocenters. The molecule has 2 aromatic rings. The van der Waals surface area contributed by atoms with Crippen LogP contribution in [-0.2, 0) is 0 Å². The number of hydrogen-bond acceptors (Lipinski definition) is 5. The number of fused-ring (bicyclic) bond motifs is 1. The summed E-state index contributed by atoms with van der Waals surface area (Å²) in [5.41, 5.74) is -0.450. The Hall–Kier alpha value is -2.37. The van der Waals surface area contributed by atoms with Gasteiger partial charge in [0.1, 0.15) is 5.58 Å². The van der Waals surface area contributed by atoms with Crippen LogP contribution >= 0.6 is 0 Å². The first-order chi connectivity index (χ1) is 7.91. The minimum atomic E-state index is -1.15. The van der Waals surface area contributed by atoms with Crippen LogP contribution in [0.2, 0.25) is 0 Å². The molecule has 0 aliphatic carbocycles. The Bertz CT molecular complexity index is 686. The smallest absolute Gasteiger partial charge is 0.419 e. The second kappa shape index (κ2) is 3.58. The molecule has 1 aromatic heterocycles. The zero-order valence-electron chi connectivity index (χ0n) is 9.18. The number of rotatable bonds is 1. The average Bonchev–Trinajstić information content (AvgIpc) is 2.19. The van der Waals surface area contributed by atoms with Crippen molar-refractivity contribution in [2.45, 2.75) is 13.8 Å². The topological polar surface area (TPSA) is 93.6 Å². The fourth-order valence-electron chi connectivity index (χ4n) is 1.79. The van der Waals surface area contributed by atoms with Crippen LogP contribution in [0.5, 0.6) is 5.75 Å². The summed E-state index contributed by atoms with van der Waals surface area (Å²) in [7, 11) is 0. The Balaban J connectivity index is 3.02. The van der Waals surface area contributed by atoms with Gasteiger partial charge in [0.25, 0.3) is 0 Å². The summed E-state index contributed by atoms with van der Waals surface area (Å²) >= 11 is 0. The number of aryl methyl sites for hydroxylation is 2. The van der Waals surface area contributed by atoms with Crippen molar-refractivity contribution in [3.05, 3.63) is 43.8 Å². The third-order valence-corrected chi connectivity index (χ3v) is 2.47.